The fraction of sp³-hybridized carbons (Fsp3) is 0.571. The van der Waals surface area contributed by atoms with Crippen molar-refractivity contribution in [3.05, 3.63) is 30.7 Å². The second-order valence-electron chi connectivity index (χ2n) is 9.12. The molecule has 0 aliphatic heterocycles. The van der Waals surface area contributed by atoms with Crippen LogP contribution in [0.3, 0.4) is 0 Å². The maximum atomic E-state index is 9.83. The smallest absolute Gasteiger partial charge is 0.143 e. The first-order valence-corrected chi connectivity index (χ1v) is 13.8. The maximum absolute atomic E-state index is 9.83. The minimum atomic E-state index is -1.06. The molecule has 0 atom stereocenters. The van der Waals surface area contributed by atoms with Crippen LogP contribution in [-0.4, -0.2) is 40.0 Å². The summed E-state index contributed by atoms with van der Waals surface area (Å²) in [5.74, 6) is 0. The number of fused-ring (bicyclic) bond motifs is 3. The lowest BCUT2D eigenvalue weighted by atomic mass is 9.93. The van der Waals surface area contributed by atoms with Gasteiger partial charge in [-0.1, -0.05) is 19.6 Å². The van der Waals surface area contributed by atoms with E-state index in [0.717, 1.165) is 37.9 Å². The van der Waals surface area contributed by atoms with Gasteiger partial charge in [-0.05, 0) is 43.9 Å². The normalized spacial score (nSPS) is 21.3. The zero-order valence-electron chi connectivity index (χ0n) is 16.7. The third kappa shape index (κ3) is 3.98. The summed E-state index contributed by atoms with van der Waals surface area (Å²) in [6.45, 7) is 8.50. The van der Waals surface area contributed by atoms with Crippen molar-refractivity contribution in [3.63, 3.8) is 0 Å². The summed E-state index contributed by atoms with van der Waals surface area (Å²) < 4.78 is 10.5. The highest BCUT2D eigenvalue weighted by atomic mass is 28.3. The Balaban J connectivity index is 1.58. The quantitative estimate of drug-likeness (QED) is 0.491. The largest absolute Gasteiger partial charge is 0.393 e. The second-order valence-corrected chi connectivity index (χ2v) is 14.7. The van der Waals surface area contributed by atoms with Crippen molar-refractivity contribution in [2.75, 3.05) is 6.61 Å². The molecule has 3 aromatic heterocycles. The number of pyridine rings is 1. The van der Waals surface area contributed by atoms with Gasteiger partial charge in [0.05, 0.1) is 11.6 Å². The molecule has 4 rings (SSSR count). The summed E-state index contributed by atoms with van der Waals surface area (Å²) in [6, 6.07) is 5.98. The van der Waals surface area contributed by atoms with Crippen molar-refractivity contribution < 1.29 is 9.84 Å². The molecule has 3 heterocycles. The van der Waals surface area contributed by atoms with E-state index >= 15 is 0 Å². The molecule has 0 amide bonds. The molecule has 6 heteroatoms. The predicted octanol–water partition coefficient (Wildman–Crippen LogP) is 4.78. The van der Waals surface area contributed by atoms with Gasteiger partial charge in [-0.25, -0.2) is 4.98 Å². The van der Waals surface area contributed by atoms with Crippen LogP contribution in [0, 0.1) is 0 Å². The molecule has 0 aromatic carbocycles. The van der Waals surface area contributed by atoms with Crippen molar-refractivity contribution in [3.8, 4) is 0 Å². The summed E-state index contributed by atoms with van der Waals surface area (Å²) >= 11 is 0. The highest BCUT2D eigenvalue weighted by molar-refractivity contribution is 6.76. The monoisotopic (exact) mass is 385 g/mol. The van der Waals surface area contributed by atoms with Gasteiger partial charge in [-0.15, -0.1) is 0 Å². The number of rotatable bonds is 6. The van der Waals surface area contributed by atoms with E-state index < -0.39 is 8.07 Å². The molecule has 1 aliphatic carbocycles. The standard InChI is InChI=1S/C21H31N3O2Si/c1-27(2,3)13-12-26-15-23-10-9-19-20-16(14-22-21(19)23)8-11-24(20)17-4-6-18(25)7-5-17/h8-11,14,17-18,25H,4-7,12-13,15H2,1-3H3. The topological polar surface area (TPSA) is 52.2 Å². The Bertz CT molecular complexity index is 917. The lowest BCUT2D eigenvalue weighted by Crippen LogP contribution is -2.22. The number of nitrogens with zero attached hydrogens (tertiary/aromatic N) is 3. The van der Waals surface area contributed by atoms with Gasteiger partial charge in [0.1, 0.15) is 12.4 Å². The molecule has 1 fully saturated rings. The molecule has 0 bridgehead atoms. The van der Waals surface area contributed by atoms with E-state index in [1.54, 1.807) is 0 Å². The molecule has 1 aliphatic rings. The van der Waals surface area contributed by atoms with Crippen LogP contribution in [-0.2, 0) is 11.5 Å². The Kier molecular flexibility index (Phi) is 5.14. The Hall–Kier alpha value is -1.63. The molecule has 5 nitrogen and oxygen atoms in total. The third-order valence-electron chi connectivity index (χ3n) is 5.75. The Morgan fingerprint density at radius 2 is 1.93 bits per heavy atom. The van der Waals surface area contributed by atoms with E-state index in [4.69, 9.17) is 9.72 Å². The minimum Gasteiger partial charge on any atom is -0.393 e. The first-order valence-electron chi connectivity index (χ1n) is 10.1. The van der Waals surface area contributed by atoms with Crippen LogP contribution in [0.2, 0.25) is 25.7 Å². The zero-order chi connectivity index (χ0) is 19.0. The summed E-state index contributed by atoms with van der Waals surface area (Å²) in [5.41, 5.74) is 2.26. The van der Waals surface area contributed by atoms with Crippen LogP contribution in [0.1, 0.15) is 31.7 Å². The summed E-state index contributed by atoms with van der Waals surface area (Å²) in [4.78, 5) is 4.71. The van der Waals surface area contributed by atoms with E-state index in [2.05, 4.69) is 53.3 Å². The van der Waals surface area contributed by atoms with Gasteiger partial charge >= 0.3 is 0 Å². The van der Waals surface area contributed by atoms with Gasteiger partial charge < -0.3 is 19.0 Å². The SMILES string of the molecule is C[Si](C)(C)CCOCn1ccc2c1ncc1ccn(C3CCC(O)CC3)c12. The van der Waals surface area contributed by atoms with Crippen LogP contribution in [0.25, 0.3) is 21.9 Å². The molecule has 27 heavy (non-hydrogen) atoms. The van der Waals surface area contributed by atoms with Crippen LogP contribution < -0.4 is 0 Å². The van der Waals surface area contributed by atoms with E-state index in [0.29, 0.717) is 12.8 Å². The molecule has 146 valence electrons. The zero-order valence-corrected chi connectivity index (χ0v) is 17.7. The van der Waals surface area contributed by atoms with Gasteiger partial charge in [-0.2, -0.15) is 0 Å². The van der Waals surface area contributed by atoms with Crippen LogP contribution in [0.4, 0.5) is 0 Å². The highest BCUT2D eigenvalue weighted by Crippen LogP contribution is 2.34. The van der Waals surface area contributed by atoms with Crippen molar-refractivity contribution in [2.24, 2.45) is 0 Å². The van der Waals surface area contributed by atoms with Crippen molar-refractivity contribution in [1.29, 1.82) is 0 Å². The van der Waals surface area contributed by atoms with Gasteiger partial charge in [-0.3, -0.25) is 0 Å². The predicted molar refractivity (Wildman–Crippen MR) is 113 cm³/mol. The molecule has 3 aromatic rings. The summed E-state index contributed by atoms with van der Waals surface area (Å²) in [6.07, 6.45) is 9.99. The number of hydrogen-bond donors (Lipinski definition) is 1. The number of hydrogen-bond acceptors (Lipinski definition) is 3. The van der Waals surface area contributed by atoms with Crippen molar-refractivity contribution in [1.82, 2.24) is 14.1 Å². The Morgan fingerprint density at radius 3 is 2.67 bits per heavy atom. The first-order chi connectivity index (χ1) is 12.9. The van der Waals surface area contributed by atoms with Crippen LogP contribution >= 0.6 is 0 Å². The number of aliphatic hydroxyl groups is 1. The van der Waals surface area contributed by atoms with Crippen LogP contribution in [0.5, 0.6) is 0 Å². The van der Waals surface area contributed by atoms with Gasteiger partial charge in [0.2, 0.25) is 0 Å². The molecular weight excluding hydrogens is 354 g/mol. The Labute approximate surface area is 162 Å². The fourth-order valence-corrected chi connectivity index (χ4v) is 4.83. The molecule has 1 saturated carbocycles. The van der Waals surface area contributed by atoms with Gasteiger partial charge in [0, 0.05) is 50.1 Å². The number of ether oxygens (including phenoxy) is 1. The number of aromatic nitrogens is 3. The van der Waals surface area contributed by atoms with Gasteiger partial charge in [0.25, 0.3) is 0 Å². The lowest BCUT2D eigenvalue weighted by Gasteiger charge is -2.27. The molecule has 0 unspecified atom stereocenters. The molecular formula is C21H31N3O2Si. The average molecular weight is 386 g/mol. The highest BCUT2D eigenvalue weighted by Gasteiger charge is 2.22. The molecule has 0 radical (unpaired) electrons. The number of aliphatic hydroxyl groups excluding tert-OH is 1. The molecule has 0 saturated heterocycles. The summed E-state index contributed by atoms with van der Waals surface area (Å²) in [5, 5.41) is 12.2. The minimum absolute atomic E-state index is 0.126. The van der Waals surface area contributed by atoms with Crippen LogP contribution in [0.15, 0.2) is 30.7 Å². The second kappa shape index (κ2) is 7.41. The van der Waals surface area contributed by atoms with Crippen molar-refractivity contribution in [2.45, 2.75) is 70.2 Å². The molecule has 0 spiro atoms. The fourth-order valence-electron chi connectivity index (χ4n) is 4.07. The van der Waals surface area contributed by atoms with E-state index in [1.807, 2.05) is 6.20 Å². The third-order valence-corrected chi connectivity index (χ3v) is 7.45. The Morgan fingerprint density at radius 1 is 1.15 bits per heavy atom. The summed E-state index contributed by atoms with van der Waals surface area (Å²) in [7, 11) is -1.06. The maximum Gasteiger partial charge on any atom is 0.143 e. The van der Waals surface area contributed by atoms with E-state index in [1.165, 1.54) is 22.3 Å². The first kappa shape index (κ1) is 18.7. The lowest BCUT2D eigenvalue weighted by molar-refractivity contribution is 0.0899. The molecule has 1 N–H and O–H groups in total. The van der Waals surface area contributed by atoms with E-state index in [-0.39, 0.29) is 6.10 Å². The van der Waals surface area contributed by atoms with E-state index in [9.17, 15) is 5.11 Å². The average Bonchev–Trinajstić information content (AvgIpc) is 3.22. The van der Waals surface area contributed by atoms with Gasteiger partial charge in [0.15, 0.2) is 0 Å². The van der Waals surface area contributed by atoms with Crippen molar-refractivity contribution >= 4 is 30.0 Å².